The first kappa shape index (κ1) is 5.81. The van der Waals surface area contributed by atoms with Crippen LogP contribution < -0.4 is 0 Å². The molecule has 1 unspecified atom stereocenters. The summed E-state index contributed by atoms with van der Waals surface area (Å²) in [7, 11) is 0. The molecule has 0 amide bonds. The van der Waals surface area contributed by atoms with Crippen LogP contribution in [0.4, 0.5) is 0 Å². The topological polar surface area (TPSA) is 37.3 Å². The molecule has 0 radical (unpaired) electrons. The van der Waals surface area contributed by atoms with Crippen molar-refractivity contribution in [2.75, 3.05) is 0 Å². The van der Waals surface area contributed by atoms with Gasteiger partial charge in [0.15, 0.2) is 0 Å². The number of rotatable bonds is 1. The molecule has 0 aromatic rings. The molecule has 5 atom stereocenters. The maximum atomic E-state index is 10.7. The highest BCUT2D eigenvalue weighted by Gasteiger charge is 2.66. The Balaban J connectivity index is 1.90. The van der Waals surface area contributed by atoms with Crippen molar-refractivity contribution in [2.45, 2.75) is 6.42 Å². The fraction of sp³-hybridized carbons (Fsp3) is 0.667. The lowest BCUT2D eigenvalue weighted by atomic mass is 10.0. The van der Waals surface area contributed by atoms with Crippen LogP contribution in [0, 0.1) is 29.6 Å². The van der Waals surface area contributed by atoms with Gasteiger partial charge in [-0.25, -0.2) is 0 Å². The van der Waals surface area contributed by atoms with Gasteiger partial charge < -0.3 is 5.11 Å². The molecule has 1 N–H and O–H groups in total. The van der Waals surface area contributed by atoms with Crippen molar-refractivity contribution in [2.24, 2.45) is 29.6 Å². The smallest absolute Gasteiger partial charge is 0.307 e. The summed E-state index contributed by atoms with van der Waals surface area (Å²) in [4.78, 5) is 10.7. The van der Waals surface area contributed by atoms with Crippen LogP contribution in [0.5, 0.6) is 0 Å². The van der Waals surface area contributed by atoms with Crippen LogP contribution in [0.25, 0.3) is 0 Å². The van der Waals surface area contributed by atoms with E-state index in [1.165, 1.54) is 6.42 Å². The van der Waals surface area contributed by atoms with Crippen molar-refractivity contribution < 1.29 is 9.90 Å². The maximum absolute atomic E-state index is 10.7. The number of fused-ring (bicyclic) bond motifs is 5. The van der Waals surface area contributed by atoms with Crippen molar-refractivity contribution in [1.82, 2.24) is 0 Å². The van der Waals surface area contributed by atoms with Gasteiger partial charge in [-0.2, -0.15) is 0 Å². The highest BCUT2D eigenvalue weighted by atomic mass is 16.4. The zero-order chi connectivity index (χ0) is 7.59. The molecule has 0 saturated heterocycles. The Kier molecular flexibility index (Phi) is 0.803. The van der Waals surface area contributed by atoms with Crippen molar-refractivity contribution in [1.29, 1.82) is 0 Å². The van der Waals surface area contributed by atoms with E-state index in [0.29, 0.717) is 23.7 Å². The number of carboxylic acids is 1. The van der Waals surface area contributed by atoms with Gasteiger partial charge in [0, 0.05) is 0 Å². The maximum Gasteiger partial charge on any atom is 0.307 e. The Morgan fingerprint density at radius 2 is 1.82 bits per heavy atom. The number of hydrogen-bond acceptors (Lipinski definition) is 1. The minimum Gasteiger partial charge on any atom is -0.481 e. The molecule has 3 aliphatic rings. The summed E-state index contributed by atoms with van der Waals surface area (Å²) >= 11 is 0. The minimum atomic E-state index is -0.571. The van der Waals surface area contributed by atoms with E-state index in [9.17, 15) is 4.79 Å². The van der Waals surface area contributed by atoms with Crippen LogP contribution in [-0.4, -0.2) is 11.1 Å². The summed E-state index contributed by atoms with van der Waals surface area (Å²) < 4.78 is 0. The van der Waals surface area contributed by atoms with E-state index >= 15 is 0 Å². The highest BCUT2D eigenvalue weighted by molar-refractivity contribution is 5.75. The number of allylic oxidation sites excluding steroid dienone is 2. The summed E-state index contributed by atoms with van der Waals surface area (Å²) in [5.74, 6) is 1.70. The molecule has 2 heteroatoms. The Morgan fingerprint density at radius 1 is 1.27 bits per heavy atom. The summed E-state index contributed by atoms with van der Waals surface area (Å²) in [5.41, 5.74) is 0. The molecule has 3 rings (SSSR count). The molecule has 2 saturated carbocycles. The van der Waals surface area contributed by atoms with E-state index in [1.54, 1.807) is 0 Å². The highest BCUT2D eigenvalue weighted by Crippen LogP contribution is 2.66. The standard InChI is InChI=1S/C9H10O2/c10-9(11)8-6-4-1-2-5(3-4)7(6)8/h1-2,4-8H,3H2,(H,10,11)/t4-,5+,6-,7+,8?. The lowest BCUT2D eigenvalue weighted by molar-refractivity contribution is -0.139. The monoisotopic (exact) mass is 150 g/mol. The van der Waals surface area contributed by atoms with E-state index in [-0.39, 0.29) is 5.92 Å². The molecule has 58 valence electrons. The molecule has 2 fully saturated rings. The number of carbonyl (C=O) groups is 1. The lowest BCUT2D eigenvalue weighted by Crippen LogP contribution is -2.08. The molecule has 0 spiro atoms. The molecular formula is C9H10O2. The van der Waals surface area contributed by atoms with E-state index in [2.05, 4.69) is 12.2 Å². The third-order valence-corrected chi connectivity index (χ3v) is 3.56. The fourth-order valence-corrected chi connectivity index (χ4v) is 3.12. The van der Waals surface area contributed by atoms with Gasteiger partial charge in [-0.1, -0.05) is 12.2 Å². The van der Waals surface area contributed by atoms with Gasteiger partial charge in [0.25, 0.3) is 0 Å². The third-order valence-electron chi connectivity index (χ3n) is 3.56. The van der Waals surface area contributed by atoms with Crippen molar-refractivity contribution in [3.8, 4) is 0 Å². The molecule has 0 aromatic carbocycles. The number of hydrogen-bond donors (Lipinski definition) is 1. The van der Waals surface area contributed by atoms with Gasteiger partial charge in [0.2, 0.25) is 0 Å². The Morgan fingerprint density at radius 3 is 2.27 bits per heavy atom. The second kappa shape index (κ2) is 1.52. The first-order valence-electron chi connectivity index (χ1n) is 4.20. The normalized spacial score (nSPS) is 56.2. The summed E-state index contributed by atoms with van der Waals surface area (Å²) in [6.07, 6.45) is 5.67. The summed E-state index contributed by atoms with van der Waals surface area (Å²) in [6.45, 7) is 0. The van der Waals surface area contributed by atoms with Crippen LogP contribution >= 0.6 is 0 Å². The average molecular weight is 150 g/mol. The molecular weight excluding hydrogens is 140 g/mol. The molecule has 3 aliphatic carbocycles. The number of carboxylic acid groups (broad SMARTS) is 1. The van der Waals surface area contributed by atoms with Gasteiger partial charge in [-0.15, -0.1) is 0 Å². The SMILES string of the molecule is O=C(O)C1[C@@H]2[C@H]1[C@@H]1C=C[C@H]2C1. The zero-order valence-corrected chi connectivity index (χ0v) is 6.10. The largest absolute Gasteiger partial charge is 0.481 e. The quantitative estimate of drug-likeness (QED) is 0.569. The van der Waals surface area contributed by atoms with Crippen LogP contribution in [0.3, 0.4) is 0 Å². The van der Waals surface area contributed by atoms with Gasteiger partial charge in [0.05, 0.1) is 5.92 Å². The predicted octanol–water partition coefficient (Wildman–Crippen LogP) is 1.14. The Labute approximate surface area is 64.9 Å². The minimum absolute atomic E-state index is 0.00810. The number of aliphatic carboxylic acids is 1. The lowest BCUT2D eigenvalue weighted by Gasteiger charge is -2.03. The summed E-state index contributed by atoms with van der Waals surface area (Å²) in [5, 5.41) is 8.79. The van der Waals surface area contributed by atoms with Crippen molar-refractivity contribution >= 4 is 5.97 Å². The van der Waals surface area contributed by atoms with Crippen LogP contribution in [-0.2, 0) is 4.79 Å². The van der Waals surface area contributed by atoms with Gasteiger partial charge >= 0.3 is 5.97 Å². The van der Waals surface area contributed by atoms with Crippen LogP contribution in [0.1, 0.15) is 6.42 Å². The molecule has 0 heterocycles. The van der Waals surface area contributed by atoms with Crippen molar-refractivity contribution in [3.05, 3.63) is 12.2 Å². The van der Waals surface area contributed by atoms with Gasteiger partial charge in [-0.05, 0) is 30.1 Å². The first-order valence-corrected chi connectivity index (χ1v) is 4.20. The van der Waals surface area contributed by atoms with E-state index < -0.39 is 5.97 Å². The first-order chi connectivity index (χ1) is 5.29. The molecule has 2 nitrogen and oxygen atoms in total. The van der Waals surface area contributed by atoms with E-state index in [1.807, 2.05) is 0 Å². The molecule has 0 aromatic heterocycles. The Hall–Kier alpha value is -0.790. The van der Waals surface area contributed by atoms with Crippen LogP contribution in [0.2, 0.25) is 0 Å². The zero-order valence-electron chi connectivity index (χ0n) is 6.10. The van der Waals surface area contributed by atoms with E-state index in [0.717, 1.165) is 0 Å². The van der Waals surface area contributed by atoms with Gasteiger partial charge in [-0.3, -0.25) is 4.79 Å². The van der Waals surface area contributed by atoms with E-state index in [4.69, 9.17) is 5.11 Å². The second-order valence-electron chi connectivity index (χ2n) is 3.97. The molecule has 2 bridgehead atoms. The third kappa shape index (κ3) is 0.525. The Bertz CT molecular complexity index is 238. The predicted molar refractivity (Wildman–Crippen MR) is 38.8 cm³/mol. The molecule has 11 heavy (non-hydrogen) atoms. The average Bonchev–Trinajstić information content (AvgIpc) is 2.44. The van der Waals surface area contributed by atoms with Crippen LogP contribution in [0.15, 0.2) is 12.2 Å². The fourth-order valence-electron chi connectivity index (χ4n) is 3.12. The second-order valence-corrected chi connectivity index (χ2v) is 3.97. The molecule has 0 aliphatic heterocycles. The summed E-state index contributed by atoms with van der Waals surface area (Å²) in [6, 6.07) is 0. The van der Waals surface area contributed by atoms with Gasteiger partial charge in [0.1, 0.15) is 0 Å². The van der Waals surface area contributed by atoms with Crippen molar-refractivity contribution in [3.63, 3.8) is 0 Å².